The summed E-state index contributed by atoms with van der Waals surface area (Å²) in [5.41, 5.74) is 0. The van der Waals surface area contributed by atoms with Crippen LogP contribution in [0.25, 0.3) is 0 Å². The van der Waals surface area contributed by atoms with Gasteiger partial charge >= 0.3 is 5.97 Å². The molecule has 6 heteroatoms. The van der Waals surface area contributed by atoms with Crippen molar-refractivity contribution in [1.82, 2.24) is 10.6 Å². The average molecular weight is 298 g/mol. The second-order valence-electron chi connectivity index (χ2n) is 6.09. The molecule has 0 saturated heterocycles. The van der Waals surface area contributed by atoms with Gasteiger partial charge in [-0.15, -0.1) is 0 Å². The first-order chi connectivity index (χ1) is 9.90. The number of carbonyl (C=O) groups excluding carboxylic acids is 2. The molecule has 1 aliphatic carbocycles. The Hall–Kier alpha value is -1.59. The van der Waals surface area contributed by atoms with E-state index in [9.17, 15) is 14.4 Å². The number of carbonyl (C=O) groups is 3. The van der Waals surface area contributed by atoms with E-state index in [0.29, 0.717) is 12.3 Å². The molecule has 1 unspecified atom stereocenters. The van der Waals surface area contributed by atoms with Crippen LogP contribution in [0.1, 0.15) is 52.4 Å². The summed E-state index contributed by atoms with van der Waals surface area (Å²) in [5, 5.41) is 13.9. The summed E-state index contributed by atoms with van der Waals surface area (Å²) in [7, 11) is 0. The van der Waals surface area contributed by atoms with Crippen LogP contribution in [0, 0.1) is 11.8 Å². The Morgan fingerprint density at radius 2 is 1.76 bits per heavy atom. The van der Waals surface area contributed by atoms with Crippen molar-refractivity contribution >= 4 is 17.8 Å². The number of hydrogen-bond donors (Lipinski definition) is 3. The molecular weight excluding hydrogens is 272 g/mol. The van der Waals surface area contributed by atoms with Gasteiger partial charge in [-0.25, -0.2) is 4.79 Å². The van der Waals surface area contributed by atoms with Gasteiger partial charge in [0.25, 0.3) is 0 Å². The fourth-order valence-corrected chi connectivity index (χ4v) is 2.64. The molecule has 3 N–H and O–H groups in total. The summed E-state index contributed by atoms with van der Waals surface area (Å²) in [6.07, 6.45) is 6.20. The van der Waals surface area contributed by atoms with Crippen LogP contribution in [0.3, 0.4) is 0 Å². The highest BCUT2D eigenvalue weighted by atomic mass is 16.4. The minimum absolute atomic E-state index is 0.145. The molecule has 1 saturated carbocycles. The minimum atomic E-state index is -1.06. The van der Waals surface area contributed by atoms with Crippen molar-refractivity contribution in [3.8, 4) is 0 Å². The number of aliphatic carboxylic acids is 1. The highest BCUT2D eigenvalue weighted by Crippen LogP contribution is 2.28. The number of carboxylic acid groups (broad SMARTS) is 1. The molecule has 1 atom stereocenters. The Balaban J connectivity index is 2.21. The van der Waals surface area contributed by atoms with Crippen LogP contribution in [0.15, 0.2) is 0 Å². The molecule has 0 aliphatic heterocycles. The second-order valence-corrected chi connectivity index (χ2v) is 6.09. The molecule has 0 aromatic rings. The summed E-state index contributed by atoms with van der Waals surface area (Å²) in [6.45, 7) is 3.28. The Kier molecular flexibility index (Phi) is 7.19. The number of amides is 2. The molecule has 0 aromatic heterocycles. The topological polar surface area (TPSA) is 95.5 Å². The predicted molar refractivity (Wildman–Crippen MR) is 78.6 cm³/mol. The maximum absolute atomic E-state index is 11.7. The fourth-order valence-electron chi connectivity index (χ4n) is 2.64. The van der Waals surface area contributed by atoms with E-state index in [0.717, 1.165) is 6.42 Å². The molecule has 0 radical (unpaired) electrons. The largest absolute Gasteiger partial charge is 0.480 e. The average Bonchev–Trinajstić information content (AvgIpc) is 2.92. The van der Waals surface area contributed by atoms with E-state index in [-0.39, 0.29) is 18.4 Å². The van der Waals surface area contributed by atoms with Gasteiger partial charge in [-0.05, 0) is 18.3 Å². The number of nitrogens with one attached hydrogen (secondary N) is 2. The lowest BCUT2D eigenvalue weighted by molar-refractivity contribution is -0.143. The van der Waals surface area contributed by atoms with Gasteiger partial charge in [0.05, 0.1) is 6.54 Å². The first kappa shape index (κ1) is 17.5. The van der Waals surface area contributed by atoms with E-state index in [1.165, 1.54) is 25.7 Å². The van der Waals surface area contributed by atoms with Crippen molar-refractivity contribution in [3.05, 3.63) is 0 Å². The summed E-state index contributed by atoms with van der Waals surface area (Å²) in [5.74, 6) is -1.24. The van der Waals surface area contributed by atoms with E-state index < -0.39 is 17.9 Å². The van der Waals surface area contributed by atoms with Crippen LogP contribution in [0.2, 0.25) is 0 Å². The highest BCUT2D eigenvalue weighted by Gasteiger charge is 2.23. The monoisotopic (exact) mass is 298 g/mol. The van der Waals surface area contributed by atoms with Gasteiger partial charge in [0.15, 0.2) is 0 Å². The van der Waals surface area contributed by atoms with Crippen molar-refractivity contribution in [2.75, 3.05) is 6.54 Å². The molecule has 6 nitrogen and oxygen atoms in total. The zero-order valence-electron chi connectivity index (χ0n) is 12.9. The van der Waals surface area contributed by atoms with Crippen LogP contribution in [0.5, 0.6) is 0 Å². The van der Waals surface area contributed by atoms with Gasteiger partial charge in [-0.3, -0.25) is 9.59 Å². The highest BCUT2D eigenvalue weighted by molar-refractivity contribution is 5.87. The Morgan fingerprint density at radius 1 is 1.14 bits per heavy atom. The maximum atomic E-state index is 11.7. The van der Waals surface area contributed by atoms with E-state index in [1.54, 1.807) is 13.8 Å². The Labute approximate surface area is 125 Å². The molecule has 2 amide bonds. The summed E-state index contributed by atoms with van der Waals surface area (Å²) < 4.78 is 0. The summed E-state index contributed by atoms with van der Waals surface area (Å²) in [6, 6.07) is -0.923. The molecule has 1 rings (SSSR count). The lowest BCUT2D eigenvalue weighted by Gasteiger charge is -2.18. The molecule has 21 heavy (non-hydrogen) atoms. The first-order valence-electron chi connectivity index (χ1n) is 7.69. The van der Waals surface area contributed by atoms with Crippen LogP contribution in [-0.2, 0) is 14.4 Å². The normalized spacial score (nSPS) is 16.7. The van der Waals surface area contributed by atoms with Crippen molar-refractivity contribution in [2.45, 2.75) is 58.4 Å². The molecule has 0 spiro atoms. The molecule has 1 fully saturated rings. The smallest absolute Gasteiger partial charge is 0.326 e. The van der Waals surface area contributed by atoms with Crippen LogP contribution in [-0.4, -0.2) is 35.5 Å². The Bertz CT molecular complexity index is 376. The van der Waals surface area contributed by atoms with Gasteiger partial charge in [0.2, 0.25) is 11.8 Å². The van der Waals surface area contributed by atoms with Crippen LogP contribution in [0.4, 0.5) is 0 Å². The fraction of sp³-hybridized carbons (Fsp3) is 0.800. The van der Waals surface area contributed by atoms with Gasteiger partial charge < -0.3 is 15.7 Å². The van der Waals surface area contributed by atoms with E-state index in [1.807, 2.05) is 0 Å². The molecule has 0 bridgehead atoms. The van der Waals surface area contributed by atoms with Gasteiger partial charge in [0.1, 0.15) is 6.04 Å². The van der Waals surface area contributed by atoms with Gasteiger partial charge in [-0.1, -0.05) is 39.5 Å². The molecular formula is C15H26N2O4. The summed E-state index contributed by atoms with van der Waals surface area (Å²) in [4.78, 5) is 34.3. The first-order valence-corrected chi connectivity index (χ1v) is 7.69. The van der Waals surface area contributed by atoms with E-state index in [2.05, 4.69) is 10.6 Å². The van der Waals surface area contributed by atoms with Gasteiger partial charge in [-0.2, -0.15) is 0 Å². The second kappa shape index (κ2) is 8.64. The van der Waals surface area contributed by atoms with Crippen molar-refractivity contribution < 1.29 is 19.5 Å². The van der Waals surface area contributed by atoms with Gasteiger partial charge in [0, 0.05) is 6.42 Å². The predicted octanol–water partition coefficient (Wildman–Crippen LogP) is 1.30. The lowest BCUT2D eigenvalue weighted by Crippen LogP contribution is -2.48. The molecule has 0 heterocycles. The quantitative estimate of drug-likeness (QED) is 0.629. The van der Waals surface area contributed by atoms with Crippen molar-refractivity contribution in [2.24, 2.45) is 11.8 Å². The van der Waals surface area contributed by atoms with Crippen LogP contribution < -0.4 is 10.6 Å². The van der Waals surface area contributed by atoms with Crippen molar-refractivity contribution in [1.29, 1.82) is 0 Å². The third kappa shape index (κ3) is 6.60. The maximum Gasteiger partial charge on any atom is 0.326 e. The number of hydrogen-bond acceptors (Lipinski definition) is 3. The summed E-state index contributed by atoms with van der Waals surface area (Å²) >= 11 is 0. The molecule has 120 valence electrons. The van der Waals surface area contributed by atoms with Crippen LogP contribution >= 0.6 is 0 Å². The van der Waals surface area contributed by atoms with E-state index >= 15 is 0 Å². The third-order valence-electron chi connectivity index (χ3n) is 3.95. The lowest BCUT2D eigenvalue weighted by atomic mass is 10.0. The standard InChI is InChI=1S/C15H26N2O4/c1-10(2)14(15(20)21)17-13(19)9-16-12(18)8-7-11-5-3-4-6-11/h10-11,14H,3-9H2,1-2H3,(H,16,18)(H,17,19)(H,20,21). The number of rotatable bonds is 8. The third-order valence-corrected chi connectivity index (χ3v) is 3.95. The van der Waals surface area contributed by atoms with E-state index in [4.69, 9.17) is 5.11 Å². The minimum Gasteiger partial charge on any atom is -0.480 e. The SMILES string of the molecule is CC(C)C(NC(=O)CNC(=O)CCC1CCCC1)C(=O)O. The number of carboxylic acids is 1. The molecule has 1 aliphatic rings. The Morgan fingerprint density at radius 3 is 2.29 bits per heavy atom. The molecule has 0 aromatic carbocycles. The van der Waals surface area contributed by atoms with Crippen molar-refractivity contribution in [3.63, 3.8) is 0 Å². The zero-order chi connectivity index (χ0) is 15.8. The zero-order valence-corrected chi connectivity index (χ0v) is 12.9.